The molecule has 0 aliphatic heterocycles. The highest BCUT2D eigenvalue weighted by molar-refractivity contribution is 6.02. The Hall–Kier alpha value is -2.95. The molecule has 0 atom stereocenters. The number of carbonyl (C=O) groups is 1. The van der Waals surface area contributed by atoms with E-state index in [2.05, 4.69) is 31.1 Å². The first-order valence-electron chi connectivity index (χ1n) is 9.16. The zero-order chi connectivity index (χ0) is 19.4. The number of phenols is 2. The maximum atomic E-state index is 13.0. The van der Waals surface area contributed by atoms with E-state index in [1.165, 1.54) is 17.7 Å². The minimum Gasteiger partial charge on any atom is -0.504 e. The van der Waals surface area contributed by atoms with E-state index < -0.39 is 5.41 Å². The minimum atomic E-state index is -0.634. The van der Waals surface area contributed by atoms with Crippen LogP contribution in [0, 0.1) is 0 Å². The van der Waals surface area contributed by atoms with E-state index in [1.54, 1.807) is 6.07 Å². The summed E-state index contributed by atoms with van der Waals surface area (Å²) in [7, 11) is 0. The molecule has 1 aliphatic rings. The summed E-state index contributed by atoms with van der Waals surface area (Å²) in [5, 5.41) is 23.4. The number of benzene rings is 2. The standard InChI is InChI=1S/C22H24N2O3/c1-21(2,3)16-12-23-17-6-5-14(11-15(16)17)24-20(27)22(8-9-22)13-4-7-18(25)19(26)10-13/h4-7,10-12,23,25-26H,8-9H2,1-3H3,(H,24,27). The molecule has 27 heavy (non-hydrogen) atoms. The SMILES string of the molecule is CC(C)(C)c1c[nH]c2ccc(NC(=O)C3(c4ccc(O)c(O)c4)CC3)cc12. The minimum absolute atomic E-state index is 0.00215. The van der Waals surface area contributed by atoms with Gasteiger partial charge in [0.25, 0.3) is 0 Å². The molecule has 2 aromatic carbocycles. The maximum Gasteiger partial charge on any atom is 0.235 e. The van der Waals surface area contributed by atoms with Crippen LogP contribution in [-0.2, 0) is 15.6 Å². The summed E-state index contributed by atoms with van der Waals surface area (Å²) >= 11 is 0. The molecule has 0 radical (unpaired) electrons. The fraction of sp³-hybridized carbons (Fsp3) is 0.318. The van der Waals surface area contributed by atoms with Gasteiger partial charge in [0, 0.05) is 22.8 Å². The van der Waals surface area contributed by atoms with Gasteiger partial charge in [0.15, 0.2) is 11.5 Å². The summed E-state index contributed by atoms with van der Waals surface area (Å²) < 4.78 is 0. The number of hydrogen-bond donors (Lipinski definition) is 4. The molecule has 0 bridgehead atoms. The van der Waals surface area contributed by atoms with E-state index in [1.807, 2.05) is 24.4 Å². The molecule has 1 saturated carbocycles. The van der Waals surface area contributed by atoms with Crippen LogP contribution in [0.1, 0.15) is 44.7 Å². The maximum absolute atomic E-state index is 13.0. The lowest BCUT2D eigenvalue weighted by molar-refractivity contribution is -0.118. The number of nitrogens with one attached hydrogen (secondary N) is 2. The molecule has 1 aromatic heterocycles. The zero-order valence-electron chi connectivity index (χ0n) is 15.8. The quantitative estimate of drug-likeness (QED) is 0.515. The van der Waals surface area contributed by atoms with Crippen LogP contribution in [0.15, 0.2) is 42.6 Å². The van der Waals surface area contributed by atoms with Crippen molar-refractivity contribution in [2.75, 3.05) is 5.32 Å². The first kappa shape index (κ1) is 17.5. The Kier molecular flexibility index (Phi) is 3.74. The van der Waals surface area contributed by atoms with E-state index in [-0.39, 0.29) is 22.8 Å². The number of aromatic hydroxyl groups is 2. The summed E-state index contributed by atoms with van der Waals surface area (Å²) in [6.07, 6.45) is 3.48. The predicted octanol–water partition coefficient (Wildman–Crippen LogP) is 4.55. The molecule has 3 aromatic rings. The van der Waals surface area contributed by atoms with Gasteiger partial charge in [-0.2, -0.15) is 0 Å². The van der Waals surface area contributed by atoms with Gasteiger partial charge in [-0.1, -0.05) is 26.8 Å². The molecular weight excluding hydrogens is 340 g/mol. The third-order valence-corrected chi connectivity index (χ3v) is 5.46. The van der Waals surface area contributed by atoms with E-state index in [9.17, 15) is 15.0 Å². The lowest BCUT2D eigenvalue weighted by Gasteiger charge is -2.19. The topological polar surface area (TPSA) is 85.4 Å². The summed E-state index contributed by atoms with van der Waals surface area (Å²) in [6, 6.07) is 10.5. The molecule has 1 amide bonds. The number of amides is 1. The molecule has 4 rings (SSSR count). The van der Waals surface area contributed by atoms with Crippen LogP contribution in [-0.4, -0.2) is 21.1 Å². The number of phenolic OH excluding ortho intramolecular Hbond substituents is 2. The van der Waals surface area contributed by atoms with E-state index in [0.29, 0.717) is 0 Å². The van der Waals surface area contributed by atoms with E-state index in [4.69, 9.17) is 0 Å². The third kappa shape index (κ3) is 2.93. The van der Waals surface area contributed by atoms with Crippen molar-refractivity contribution >= 4 is 22.5 Å². The van der Waals surface area contributed by atoms with Crippen molar-refractivity contribution in [2.24, 2.45) is 0 Å². The van der Waals surface area contributed by atoms with Gasteiger partial charge in [-0.05, 0) is 59.7 Å². The number of anilines is 1. The molecule has 0 saturated heterocycles. The number of hydrogen-bond acceptors (Lipinski definition) is 3. The number of rotatable bonds is 3. The second-order valence-electron chi connectivity index (χ2n) is 8.45. The van der Waals surface area contributed by atoms with Crippen LogP contribution in [0.4, 0.5) is 5.69 Å². The summed E-state index contributed by atoms with van der Waals surface area (Å²) in [4.78, 5) is 16.3. The molecule has 0 spiro atoms. The highest BCUT2D eigenvalue weighted by atomic mass is 16.3. The Morgan fingerprint density at radius 3 is 2.44 bits per heavy atom. The average molecular weight is 364 g/mol. The van der Waals surface area contributed by atoms with Gasteiger partial charge in [-0.25, -0.2) is 0 Å². The molecule has 5 nitrogen and oxygen atoms in total. The first-order chi connectivity index (χ1) is 12.7. The van der Waals surface area contributed by atoms with Crippen molar-refractivity contribution in [1.82, 2.24) is 4.98 Å². The normalized spacial score (nSPS) is 15.7. The smallest absolute Gasteiger partial charge is 0.235 e. The number of fused-ring (bicyclic) bond motifs is 1. The molecule has 5 heteroatoms. The number of H-pyrrole nitrogens is 1. The number of aromatic nitrogens is 1. The van der Waals surface area contributed by atoms with Crippen LogP contribution in [0.5, 0.6) is 11.5 Å². The summed E-state index contributed by atoms with van der Waals surface area (Å²) in [5.41, 5.74) is 3.11. The number of carbonyl (C=O) groups excluding carboxylic acids is 1. The largest absolute Gasteiger partial charge is 0.504 e. The molecule has 4 N–H and O–H groups in total. The summed E-state index contributed by atoms with van der Waals surface area (Å²) in [6.45, 7) is 6.49. The average Bonchev–Trinajstić information content (AvgIpc) is 3.30. The Balaban J connectivity index is 1.64. The van der Waals surface area contributed by atoms with Gasteiger partial charge in [0.05, 0.1) is 5.41 Å². The van der Waals surface area contributed by atoms with Gasteiger partial charge >= 0.3 is 0 Å². The van der Waals surface area contributed by atoms with Gasteiger partial charge in [0.2, 0.25) is 5.91 Å². The lowest BCUT2D eigenvalue weighted by atomic mass is 9.87. The zero-order valence-corrected chi connectivity index (χ0v) is 15.8. The van der Waals surface area contributed by atoms with Crippen LogP contribution in [0.2, 0.25) is 0 Å². The second-order valence-corrected chi connectivity index (χ2v) is 8.45. The van der Waals surface area contributed by atoms with Crippen molar-refractivity contribution in [2.45, 2.75) is 44.4 Å². The van der Waals surface area contributed by atoms with Gasteiger partial charge in [0.1, 0.15) is 0 Å². The fourth-order valence-corrected chi connectivity index (χ4v) is 3.66. The molecule has 1 aliphatic carbocycles. The molecule has 0 unspecified atom stereocenters. The van der Waals surface area contributed by atoms with Crippen molar-refractivity contribution in [1.29, 1.82) is 0 Å². The molecule has 1 fully saturated rings. The van der Waals surface area contributed by atoms with Crippen LogP contribution < -0.4 is 5.32 Å². The van der Waals surface area contributed by atoms with E-state index in [0.717, 1.165) is 35.0 Å². The monoisotopic (exact) mass is 364 g/mol. The van der Waals surface area contributed by atoms with Gasteiger partial charge in [-0.3, -0.25) is 4.79 Å². The van der Waals surface area contributed by atoms with Crippen LogP contribution in [0.25, 0.3) is 10.9 Å². The Morgan fingerprint density at radius 1 is 1.07 bits per heavy atom. The predicted molar refractivity (Wildman–Crippen MR) is 106 cm³/mol. The van der Waals surface area contributed by atoms with Crippen LogP contribution in [0.3, 0.4) is 0 Å². The Labute approximate surface area is 158 Å². The van der Waals surface area contributed by atoms with Gasteiger partial charge in [-0.15, -0.1) is 0 Å². The fourth-order valence-electron chi connectivity index (χ4n) is 3.66. The van der Waals surface area contributed by atoms with E-state index >= 15 is 0 Å². The van der Waals surface area contributed by atoms with Crippen molar-refractivity contribution in [3.63, 3.8) is 0 Å². The van der Waals surface area contributed by atoms with Crippen molar-refractivity contribution in [3.8, 4) is 11.5 Å². The third-order valence-electron chi connectivity index (χ3n) is 5.46. The summed E-state index contributed by atoms with van der Waals surface area (Å²) in [5.74, 6) is -0.461. The Bertz CT molecular complexity index is 1040. The highest BCUT2D eigenvalue weighted by Gasteiger charge is 2.51. The lowest BCUT2D eigenvalue weighted by Crippen LogP contribution is -2.27. The first-order valence-corrected chi connectivity index (χ1v) is 9.16. The van der Waals surface area contributed by atoms with Gasteiger partial charge < -0.3 is 20.5 Å². The number of aromatic amines is 1. The van der Waals surface area contributed by atoms with Crippen molar-refractivity contribution in [3.05, 3.63) is 53.7 Å². The molecular formula is C22H24N2O3. The second kappa shape index (κ2) is 5.78. The molecule has 140 valence electrons. The van der Waals surface area contributed by atoms with Crippen molar-refractivity contribution < 1.29 is 15.0 Å². The van der Waals surface area contributed by atoms with Crippen LogP contribution >= 0.6 is 0 Å². The Morgan fingerprint density at radius 2 is 1.81 bits per heavy atom. The highest BCUT2D eigenvalue weighted by Crippen LogP contribution is 2.50. The molecule has 1 heterocycles.